The van der Waals surface area contributed by atoms with E-state index >= 15 is 0 Å². The van der Waals surface area contributed by atoms with Crippen molar-refractivity contribution in [3.8, 4) is 40.2 Å². The van der Waals surface area contributed by atoms with Gasteiger partial charge in [-0.25, -0.2) is 24.9 Å². The normalized spacial score (nSPS) is 11.2. The molecule has 7 aromatic rings. The molecule has 0 aliphatic carbocycles. The van der Waals surface area contributed by atoms with Crippen molar-refractivity contribution in [1.29, 1.82) is 0 Å². The van der Waals surface area contributed by atoms with Gasteiger partial charge in [0.15, 0.2) is 17.5 Å². The molecular formula is C29H18N8. The molecule has 0 aliphatic rings. The average molecular weight is 479 g/mol. The Bertz CT molecular complexity index is 1810. The number of aromatic nitrogens is 8. The number of benzene rings is 1. The zero-order valence-electron chi connectivity index (χ0n) is 19.5. The lowest BCUT2D eigenvalue weighted by Crippen LogP contribution is -2.02. The summed E-state index contributed by atoms with van der Waals surface area (Å²) in [7, 11) is 0. The lowest BCUT2D eigenvalue weighted by molar-refractivity contribution is 1.04. The molecule has 1 aromatic carbocycles. The number of hydrogen-bond donors (Lipinski definition) is 0. The van der Waals surface area contributed by atoms with Gasteiger partial charge < -0.3 is 0 Å². The summed E-state index contributed by atoms with van der Waals surface area (Å²) in [5.41, 5.74) is 4.03. The lowest BCUT2D eigenvalue weighted by Gasteiger charge is -2.08. The summed E-state index contributed by atoms with van der Waals surface area (Å²) in [5.74, 6) is 2.33. The van der Waals surface area contributed by atoms with E-state index in [-0.39, 0.29) is 0 Å². The molecule has 8 heteroatoms. The maximum absolute atomic E-state index is 4.80. The van der Waals surface area contributed by atoms with Gasteiger partial charge in [0.1, 0.15) is 22.9 Å². The first-order valence-corrected chi connectivity index (χ1v) is 11.7. The highest BCUT2D eigenvalue weighted by Crippen LogP contribution is 2.33. The van der Waals surface area contributed by atoms with Crippen LogP contribution in [0.3, 0.4) is 0 Å². The van der Waals surface area contributed by atoms with E-state index in [1.165, 1.54) is 0 Å². The predicted octanol–water partition coefficient (Wildman–Crippen LogP) is 5.55. The number of pyridine rings is 4. The van der Waals surface area contributed by atoms with Crippen LogP contribution < -0.4 is 0 Å². The predicted molar refractivity (Wildman–Crippen MR) is 142 cm³/mol. The van der Waals surface area contributed by atoms with Crippen LogP contribution in [0.4, 0.5) is 0 Å². The molecule has 0 aliphatic heterocycles. The fourth-order valence-electron chi connectivity index (χ4n) is 4.43. The summed E-state index contributed by atoms with van der Waals surface area (Å²) in [5, 5.41) is 2.05. The summed E-state index contributed by atoms with van der Waals surface area (Å²) < 4.78 is 2.07. The molecule has 174 valence electrons. The molecule has 0 spiro atoms. The molecule has 0 atom stereocenters. The Morgan fingerprint density at radius 2 is 1.14 bits per heavy atom. The number of nitrogens with zero attached hydrogens (tertiary/aromatic N) is 8. The van der Waals surface area contributed by atoms with Crippen LogP contribution in [-0.4, -0.2) is 39.5 Å². The smallest absolute Gasteiger partial charge is 0.182 e. The third-order valence-corrected chi connectivity index (χ3v) is 6.09. The molecule has 0 bridgehead atoms. The molecule has 8 nitrogen and oxygen atoms in total. The highest BCUT2D eigenvalue weighted by molar-refractivity contribution is 6.08. The van der Waals surface area contributed by atoms with E-state index in [0.29, 0.717) is 28.9 Å². The van der Waals surface area contributed by atoms with E-state index in [4.69, 9.17) is 9.97 Å². The Morgan fingerprint density at radius 3 is 1.78 bits per heavy atom. The second-order valence-corrected chi connectivity index (χ2v) is 8.37. The second kappa shape index (κ2) is 8.69. The van der Waals surface area contributed by atoms with Gasteiger partial charge in [0, 0.05) is 41.1 Å². The van der Waals surface area contributed by atoms with Gasteiger partial charge in [-0.1, -0.05) is 18.2 Å². The van der Waals surface area contributed by atoms with Crippen molar-refractivity contribution < 1.29 is 0 Å². The highest BCUT2D eigenvalue weighted by Gasteiger charge is 2.17. The molecule has 6 heterocycles. The molecule has 37 heavy (non-hydrogen) atoms. The first-order chi connectivity index (χ1) is 18.3. The third-order valence-electron chi connectivity index (χ3n) is 6.09. The van der Waals surface area contributed by atoms with Gasteiger partial charge in [0.05, 0.1) is 5.52 Å². The molecule has 0 saturated carbocycles. The van der Waals surface area contributed by atoms with E-state index in [0.717, 1.165) is 33.3 Å². The first-order valence-electron chi connectivity index (χ1n) is 11.7. The number of fused-ring (bicyclic) bond motifs is 3. The highest BCUT2D eigenvalue weighted by atomic mass is 15.1. The average Bonchev–Trinajstić information content (AvgIpc) is 3.32. The Labute approximate surface area is 211 Å². The Hall–Kier alpha value is -5.37. The van der Waals surface area contributed by atoms with E-state index in [1.54, 1.807) is 24.8 Å². The van der Waals surface area contributed by atoms with Crippen LogP contribution in [0.2, 0.25) is 0 Å². The van der Waals surface area contributed by atoms with Crippen LogP contribution in [0, 0.1) is 0 Å². The molecular weight excluding hydrogens is 460 g/mol. The third kappa shape index (κ3) is 3.68. The van der Waals surface area contributed by atoms with E-state index in [1.807, 2.05) is 66.7 Å². The SMILES string of the molecule is c1ccc(-c2nc(-c3ccc4c(c3)c3cccnc3n4-c3ccccn3)nc(-c3ccccn3)n2)nc1. The minimum atomic E-state index is 0.490. The van der Waals surface area contributed by atoms with Crippen LogP contribution in [0.1, 0.15) is 0 Å². The summed E-state index contributed by atoms with van der Waals surface area (Å²) in [6.07, 6.45) is 7.04. The second-order valence-electron chi connectivity index (χ2n) is 8.37. The molecule has 0 saturated heterocycles. The molecule has 6 aromatic heterocycles. The van der Waals surface area contributed by atoms with Crippen molar-refractivity contribution in [2.24, 2.45) is 0 Å². The van der Waals surface area contributed by atoms with Crippen molar-refractivity contribution in [2.75, 3.05) is 0 Å². The Kier molecular flexibility index (Phi) is 4.92. The van der Waals surface area contributed by atoms with Gasteiger partial charge in [-0.3, -0.25) is 14.5 Å². The summed E-state index contributed by atoms with van der Waals surface area (Å²) >= 11 is 0. The maximum Gasteiger partial charge on any atom is 0.182 e. The van der Waals surface area contributed by atoms with Crippen LogP contribution in [-0.2, 0) is 0 Å². The minimum absolute atomic E-state index is 0.490. The molecule has 7 rings (SSSR count). The van der Waals surface area contributed by atoms with Crippen molar-refractivity contribution >= 4 is 21.9 Å². The standard InChI is InChI=1S/C29H18N8/c1-4-14-30-22(9-1)27-34-26(35-28(36-27)23-10-2-5-15-31-23)19-12-13-24-21(18-19)20-8-7-17-33-29(20)37(24)25-11-3-6-16-32-25/h1-18H. The fourth-order valence-corrected chi connectivity index (χ4v) is 4.43. The molecule has 0 N–H and O–H groups in total. The number of rotatable bonds is 4. The minimum Gasteiger partial charge on any atom is -0.278 e. The van der Waals surface area contributed by atoms with Crippen LogP contribution >= 0.6 is 0 Å². The largest absolute Gasteiger partial charge is 0.278 e. The zero-order chi connectivity index (χ0) is 24.6. The van der Waals surface area contributed by atoms with Crippen molar-refractivity contribution in [2.45, 2.75) is 0 Å². The molecule has 0 unspecified atom stereocenters. The van der Waals surface area contributed by atoms with E-state index in [9.17, 15) is 0 Å². The Morgan fingerprint density at radius 1 is 0.486 bits per heavy atom. The summed E-state index contributed by atoms with van der Waals surface area (Å²) in [4.78, 5) is 32.4. The van der Waals surface area contributed by atoms with Crippen LogP contribution in [0.15, 0.2) is 110 Å². The summed E-state index contributed by atoms with van der Waals surface area (Å²) in [6, 6.07) is 27.4. The lowest BCUT2D eigenvalue weighted by atomic mass is 10.1. The fraction of sp³-hybridized carbons (Fsp3) is 0. The number of hydrogen-bond acceptors (Lipinski definition) is 7. The van der Waals surface area contributed by atoms with Gasteiger partial charge in [-0.2, -0.15) is 0 Å². The van der Waals surface area contributed by atoms with Crippen molar-refractivity contribution in [1.82, 2.24) is 39.5 Å². The van der Waals surface area contributed by atoms with Gasteiger partial charge in [-0.05, 0) is 66.7 Å². The van der Waals surface area contributed by atoms with Gasteiger partial charge in [-0.15, -0.1) is 0 Å². The molecule has 0 radical (unpaired) electrons. The topological polar surface area (TPSA) is 95.2 Å². The van der Waals surface area contributed by atoms with Crippen molar-refractivity contribution in [3.63, 3.8) is 0 Å². The van der Waals surface area contributed by atoms with Crippen LogP contribution in [0.25, 0.3) is 62.2 Å². The molecule has 0 fully saturated rings. The first kappa shape index (κ1) is 21.0. The van der Waals surface area contributed by atoms with Gasteiger partial charge in [0.2, 0.25) is 0 Å². The zero-order valence-corrected chi connectivity index (χ0v) is 19.5. The van der Waals surface area contributed by atoms with Gasteiger partial charge >= 0.3 is 0 Å². The van der Waals surface area contributed by atoms with E-state index < -0.39 is 0 Å². The molecule has 0 amide bonds. The van der Waals surface area contributed by atoms with Gasteiger partial charge in [0.25, 0.3) is 0 Å². The Balaban J connectivity index is 1.46. The van der Waals surface area contributed by atoms with Crippen LogP contribution in [0.5, 0.6) is 0 Å². The maximum atomic E-state index is 4.80. The van der Waals surface area contributed by atoms with E-state index in [2.05, 4.69) is 47.7 Å². The quantitative estimate of drug-likeness (QED) is 0.327. The van der Waals surface area contributed by atoms with Crippen molar-refractivity contribution in [3.05, 3.63) is 110 Å². The monoisotopic (exact) mass is 478 g/mol. The summed E-state index contributed by atoms with van der Waals surface area (Å²) in [6.45, 7) is 0.